The number of aromatic amines is 1. The van der Waals surface area contributed by atoms with Crippen LogP contribution in [0.4, 0.5) is 5.69 Å². The van der Waals surface area contributed by atoms with Gasteiger partial charge in [0.2, 0.25) is 0 Å². The predicted octanol–water partition coefficient (Wildman–Crippen LogP) is 3.92. The predicted molar refractivity (Wildman–Crippen MR) is 82.5 cm³/mol. The smallest absolute Gasteiger partial charge is 0.149 e. The molecule has 3 aromatic rings. The van der Waals surface area contributed by atoms with Crippen molar-refractivity contribution >= 4 is 45.5 Å². The normalized spacial score (nSPS) is 11.4. The van der Waals surface area contributed by atoms with Crippen molar-refractivity contribution in [2.75, 3.05) is 0 Å². The van der Waals surface area contributed by atoms with Crippen LogP contribution in [-0.4, -0.2) is 16.2 Å². The summed E-state index contributed by atoms with van der Waals surface area (Å²) < 4.78 is 1.20. The van der Waals surface area contributed by atoms with Crippen LogP contribution >= 0.6 is 22.6 Å². The van der Waals surface area contributed by atoms with Crippen LogP contribution < -0.4 is 0 Å². The molecular formula is C14H10IN3. The molecule has 0 fully saturated rings. The summed E-state index contributed by atoms with van der Waals surface area (Å²) in [5, 5.41) is 0. The number of imidazole rings is 1. The first-order valence-electron chi connectivity index (χ1n) is 5.56. The van der Waals surface area contributed by atoms with Gasteiger partial charge in [-0.3, -0.25) is 4.99 Å². The summed E-state index contributed by atoms with van der Waals surface area (Å²) in [7, 11) is 0. The number of hydrogen-bond acceptors (Lipinski definition) is 2. The van der Waals surface area contributed by atoms with Gasteiger partial charge in [-0.05, 0) is 59.0 Å². The molecule has 0 aliphatic heterocycles. The minimum atomic E-state index is 0.773. The van der Waals surface area contributed by atoms with Crippen LogP contribution in [-0.2, 0) is 0 Å². The van der Waals surface area contributed by atoms with E-state index >= 15 is 0 Å². The number of rotatable bonds is 2. The topological polar surface area (TPSA) is 41.0 Å². The lowest BCUT2D eigenvalue weighted by Gasteiger charge is -1.92. The summed E-state index contributed by atoms with van der Waals surface area (Å²) in [6, 6.07) is 16.0. The summed E-state index contributed by atoms with van der Waals surface area (Å²) >= 11 is 2.28. The third-order valence-electron chi connectivity index (χ3n) is 2.57. The summed E-state index contributed by atoms with van der Waals surface area (Å²) in [6.07, 6.45) is 1.75. The molecule has 2 aromatic carbocycles. The fourth-order valence-corrected chi connectivity index (χ4v) is 2.06. The van der Waals surface area contributed by atoms with Crippen molar-refractivity contribution in [2.45, 2.75) is 0 Å². The first-order chi connectivity index (χ1) is 8.81. The molecule has 88 valence electrons. The molecule has 4 heteroatoms. The number of hydrogen-bond donors (Lipinski definition) is 1. The van der Waals surface area contributed by atoms with Gasteiger partial charge in [0.1, 0.15) is 5.82 Å². The standard InChI is InChI=1S/C14H10IN3/c15-10-5-7-11(8-6-10)16-9-14-17-12-3-1-2-4-13(12)18-14/h1-9H,(H,17,18). The van der Waals surface area contributed by atoms with Crippen LogP contribution in [0.5, 0.6) is 0 Å². The first-order valence-corrected chi connectivity index (χ1v) is 6.63. The van der Waals surface area contributed by atoms with E-state index in [9.17, 15) is 0 Å². The highest BCUT2D eigenvalue weighted by Gasteiger charge is 1.98. The van der Waals surface area contributed by atoms with Gasteiger partial charge in [0.25, 0.3) is 0 Å². The van der Waals surface area contributed by atoms with E-state index in [0.717, 1.165) is 22.5 Å². The van der Waals surface area contributed by atoms with Crippen LogP contribution in [0, 0.1) is 3.57 Å². The number of benzene rings is 2. The second-order valence-corrected chi connectivity index (χ2v) is 5.12. The molecule has 0 saturated carbocycles. The molecule has 3 rings (SSSR count). The van der Waals surface area contributed by atoms with Gasteiger partial charge in [0, 0.05) is 3.57 Å². The molecule has 0 saturated heterocycles. The van der Waals surface area contributed by atoms with E-state index in [1.165, 1.54) is 3.57 Å². The Kier molecular flexibility index (Phi) is 3.10. The molecule has 0 amide bonds. The quantitative estimate of drug-likeness (QED) is 0.554. The first kappa shape index (κ1) is 11.4. The molecule has 0 bridgehead atoms. The van der Waals surface area contributed by atoms with E-state index in [1.54, 1.807) is 6.21 Å². The van der Waals surface area contributed by atoms with Crippen molar-refractivity contribution < 1.29 is 0 Å². The molecule has 18 heavy (non-hydrogen) atoms. The van der Waals surface area contributed by atoms with Gasteiger partial charge < -0.3 is 4.98 Å². The molecule has 0 spiro atoms. The van der Waals surface area contributed by atoms with Gasteiger partial charge in [-0.15, -0.1) is 0 Å². The fourth-order valence-electron chi connectivity index (χ4n) is 1.70. The number of nitrogens with one attached hydrogen (secondary N) is 1. The summed E-state index contributed by atoms with van der Waals surface area (Å²) in [4.78, 5) is 12.0. The van der Waals surface area contributed by atoms with Gasteiger partial charge in [0.15, 0.2) is 0 Å². The maximum absolute atomic E-state index is 4.44. The number of para-hydroxylation sites is 2. The van der Waals surface area contributed by atoms with E-state index in [4.69, 9.17) is 0 Å². The third-order valence-corrected chi connectivity index (χ3v) is 3.29. The van der Waals surface area contributed by atoms with Crippen molar-refractivity contribution in [3.05, 3.63) is 57.9 Å². The molecule has 0 aliphatic carbocycles. The average molecular weight is 347 g/mol. The van der Waals surface area contributed by atoms with Crippen LogP contribution in [0.3, 0.4) is 0 Å². The minimum absolute atomic E-state index is 0.773. The zero-order valence-electron chi connectivity index (χ0n) is 9.47. The van der Waals surface area contributed by atoms with Gasteiger partial charge in [-0.2, -0.15) is 0 Å². The second-order valence-electron chi connectivity index (χ2n) is 3.87. The maximum atomic E-state index is 4.44. The number of nitrogens with zero attached hydrogens (tertiary/aromatic N) is 2. The van der Waals surface area contributed by atoms with Gasteiger partial charge in [0.05, 0.1) is 22.9 Å². The van der Waals surface area contributed by atoms with Crippen molar-refractivity contribution in [3.63, 3.8) is 0 Å². The summed E-state index contributed by atoms with van der Waals surface area (Å²) in [5.41, 5.74) is 2.92. The van der Waals surface area contributed by atoms with E-state index in [2.05, 4.69) is 37.6 Å². The van der Waals surface area contributed by atoms with E-state index in [1.807, 2.05) is 48.5 Å². The Balaban J connectivity index is 1.89. The van der Waals surface area contributed by atoms with Gasteiger partial charge in [-0.1, -0.05) is 12.1 Å². The second kappa shape index (κ2) is 4.89. The minimum Gasteiger partial charge on any atom is -0.337 e. The number of aromatic nitrogens is 2. The number of H-pyrrole nitrogens is 1. The molecule has 3 nitrogen and oxygen atoms in total. The Labute approximate surface area is 118 Å². The van der Waals surface area contributed by atoms with E-state index in [0.29, 0.717) is 0 Å². The number of fused-ring (bicyclic) bond motifs is 1. The molecule has 1 aromatic heterocycles. The number of halogens is 1. The van der Waals surface area contributed by atoms with Crippen molar-refractivity contribution in [1.29, 1.82) is 0 Å². The molecule has 0 aliphatic rings. The summed E-state index contributed by atoms with van der Waals surface area (Å²) in [6.45, 7) is 0. The lowest BCUT2D eigenvalue weighted by molar-refractivity contribution is 1.30. The van der Waals surface area contributed by atoms with Crippen LogP contribution in [0.25, 0.3) is 11.0 Å². The molecule has 1 N–H and O–H groups in total. The monoisotopic (exact) mass is 347 g/mol. The van der Waals surface area contributed by atoms with Gasteiger partial charge in [-0.25, -0.2) is 4.98 Å². The van der Waals surface area contributed by atoms with E-state index < -0.39 is 0 Å². The molecular weight excluding hydrogens is 337 g/mol. The van der Waals surface area contributed by atoms with Crippen LogP contribution in [0.2, 0.25) is 0 Å². The lowest BCUT2D eigenvalue weighted by atomic mass is 10.3. The SMILES string of the molecule is Ic1ccc(N=Cc2nc3ccccc3[nH]2)cc1. The average Bonchev–Trinajstić information content (AvgIpc) is 2.81. The van der Waals surface area contributed by atoms with Crippen molar-refractivity contribution in [2.24, 2.45) is 4.99 Å². The largest absolute Gasteiger partial charge is 0.337 e. The van der Waals surface area contributed by atoms with Crippen molar-refractivity contribution in [1.82, 2.24) is 9.97 Å². The maximum Gasteiger partial charge on any atom is 0.149 e. The molecule has 0 radical (unpaired) electrons. The molecule has 1 heterocycles. The highest BCUT2D eigenvalue weighted by Crippen LogP contribution is 2.14. The van der Waals surface area contributed by atoms with Crippen LogP contribution in [0.1, 0.15) is 5.82 Å². The van der Waals surface area contributed by atoms with Gasteiger partial charge >= 0.3 is 0 Å². The summed E-state index contributed by atoms with van der Waals surface area (Å²) in [5.74, 6) is 0.773. The van der Waals surface area contributed by atoms with Crippen molar-refractivity contribution in [3.8, 4) is 0 Å². The Morgan fingerprint density at radius 3 is 2.61 bits per heavy atom. The van der Waals surface area contributed by atoms with E-state index in [-0.39, 0.29) is 0 Å². The Morgan fingerprint density at radius 1 is 1.06 bits per heavy atom. The molecule has 0 atom stereocenters. The Hall–Kier alpha value is -1.69. The molecule has 0 unspecified atom stereocenters. The fraction of sp³-hybridized carbons (Fsp3) is 0. The zero-order chi connectivity index (χ0) is 12.4. The Bertz CT molecular complexity index is 665. The zero-order valence-corrected chi connectivity index (χ0v) is 11.6. The Morgan fingerprint density at radius 2 is 1.83 bits per heavy atom. The lowest BCUT2D eigenvalue weighted by Crippen LogP contribution is -1.82. The highest BCUT2D eigenvalue weighted by molar-refractivity contribution is 14.1. The third kappa shape index (κ3) is 2.43. The highest BCUT2D eigenvalue weighted by atomic mass is 127. The van der Waals surface area contributed by atoms with Crippen LogP contribution in [0.15, 0.2) is 53.5 Å². The number of aliphatic imine (C=N–C) groups is 1.